The molecule has 0 aliphatic heterocycles. The van der Waals surface area contributed by atoms with Gasteiger partial charge in [-0.1, -0.05) is 6.92 Å². The quantitative estimate of drug-likeness (QED) is 0.598. The molecule has 19 heavy (non-hydrogen) atoms. The summed E-state index contributed by atoms with van der Waals surface area (Å²) in [7, 11) is -3.72. The molecule has 1 unspecified atom stereocenters. The number of nitrogens with two attached hydrogens (primary N) is 1. The zero-order chi connectivity index (χ0) is 14.5. The van der Waals surface area contributed by atoms with E-state index in [1.54, 1.807) is 18.7 Å². The number of sulfonamides is 1. The lowest BCUT2D eigenvalue weighted by Gasteiger charge is -2.14. The van der Waals surface area contributed by atoms with Gasteiger partial charge in [-0.15, -0.1) is 0 Å². The number of nitrogens with one attached hydrogen (secondary N) is 1. The Morgan fingerprint density at radius 2 is 2.11 bits per heavy atom. The van der Waals surface area contributed by atoms with Crippen molar-refractivity contribution in [2.75, 3.05) is 17.2 Å². The third-order valence-electron chi connectivity index (χ3n) is 2.46. The number of rotatable bonds is 7. The van der Waals surface area contributed by atoms with E-state index < -0.39 is 15.8 Å². The van der Waals surface area contributed by atoms with Gasteiger partial charge in [-0.05, 0) is 43.0 Å². The SMILES string of the molecule is CCSCCC(C)NS(=O)(=O)c1cc(N)cc(F)c1. The standard InChI is InChI=1S/C12H19FN2O2S2/c1-3-18-5-4-9(2)15-19(16,17)12-7-10(13)6-11(14)8-12/h6-9,15H,3-5,14H2,1-2H3. The van der Waals surface area contributed by atoms with Crippen LogP contribution in [0.15, 0.2) is 23.1 Å². The molecule has 1 rings (SSSR count). The minimum Gasteiger partial charge on any atom is -0.399 e. The summed E-state index contributed by atoms with van der Waals surface area (Å²) in [6, 6.07) is 3.10. The first-order valence-electron chi connectivity index (χ1n) is 6.01. The summed E-state index contributed by atoms with van der Waals surface area (Å²) < 4.78 is 39.8. The van der Waals surface area contributed by atoms with Gasteiger partial charge in [-0.25, -0.2) is 17.5 Å². The van der Waals surface area contributed by atoms with E-state index in [2.05, 4.69) is 11.6 Å². The number of benzene rings is 1. The second-order valence-electron chi connectivity index (χ2n) is 4.23. The molecule has 0 aromatic heterocycles. The Hall–Kier alpha value is -0.790. The highest BCUT2D eigenvalue weighted by molar-refractivity contribution is 7.99. The average molecular weight is 306 g/mol. The number of anilines is 1. The van der Waals surface area contributed by atoms with Gasteiger partial charge in [0.25, 0.3) is 0 Å². The largest absolute Gasteiger partial charge is 0.399 e. The molecule has 0 fully saturated rings. The monoisotopic (exact) mass is 306 g/mol. The average Bonchev–Trinajstić information content (AvgIpc) is 2.27. The van der Waals surface area contributed by atoms with E-state index in [1.807, 2.05) is 0 Å². The van der Waals surface area contributed by atoms with Gasteiger partial charge in [0.15, 0.2) is 0 Å². The maximum absolute atomic E-state index is 13.2. The lowest BCUT2D eigenvalue weighted by Crippen LogP contribution is -2.33. The van der Waals surface area contributed by atoms with Gasteiger partial charge in [0.05, 0.1) is 4.90 Å². The van der Waals surface area contributed by atoms with E-state index in [1.165, 1.54) is 6.07 Å². The molecule has 4 nitrogen and oxygen atoms in total. The van der Waals surface area contributed by atoms with Crippen molar-refractivity contribution in [2.24, 2.45) is 0 Å². The van der Waals surface area contributed by atoms with Gasteiger partial charge in [-0.2, -0.15) is 11.8 Å². The smallest absolute Gasteiger partial charge is 0.240 e. The molecule has 108 valence electrons. The summed E-state index contributed by atoms with van der Waals surface area (Å²) >= 11 is 1.75. The van der Waals surface area contributed by atoms with Crippen LogP contribution in [0, 0.1) is 5.82 Å². The topological polar surface area (TPSA) is 72.2 Å². The van der Waals surface area contributed by atoms with E-state index in [9.17, 15) is 12.8 Å². The van der Waals surface area contributed by atoms with Gasteiger partial charge in [0.1, 0.15) is 5.82 Å². The predicted octanol–water partition coefficient (Wildman–Crippen LogP) is 2.22. The van der Waals surface area contributed by atoms with Gasteiger partial charge < -0.3 is 5.73 Å². The molecular formula is C12H19FN2O2S2. The molecule has 0 heterocycles. The van der Waals surface area contributed by atoms with Crippen LogP contribution in [-0.2, 0) is 10.0 Å². The molecule has 0 saturated carbocycles. The molecule has 0 aliphatic rings. The molecule has 0 radical (unpaired) electrons. The first-order valence-corrected chi connectivity index (χ1v) is 8.65. The highest BCUT2D eigenvalue weighted by Crippen LogP contribution is 2.16. The fraction of sp³-hybridized carbons (Fsp3) is 0.500. The predicted molar refractivity (Wildman–Crippen MR) is 78.2 cm³/mol. The maximum atomic E-state index is 13.2. The van der Waals surface area contributed by atoms with Crippen molar-refractivity contribution >= 4 is 27.5 Å². The number of nitrogen functional groups attached to an aromatic ring is 1. The maximum Gasteiger partial charge on any atom is 0.240 e. The molecule has 0 saturated heterocycles. The molecular weight excluding hydrogens is 287 g/mol. The van der Waals surface area contributed by atoms with Crippen molar-refractivity contribution in [1.29, 1.82) is 0 Å². The van der Waals surface area contributed by atoms with E-state index >= 15 is 0 Å². The minimum atomic E-state index is -3.72. The van der Waals surface area contributed by atoms with Crippen LogP contribution in [0.3, 0.4) is 0 Å². The van der Waals surface area contributed by atoms with Crippen LogP contribution in [0.25, 0.3) is 0 Å². The number of thioether (sulfide) groups is 1. The molecule has 0 bridgehead atoms. The Morgan fingerprint density at radius 1 is 1.42 bits per heavy atom. The molecule has 1 aromatic carbocycles. The molecule has 7 heteroatoms. The number of hydrogen-bond acceptors (Lipinski definition) is 4. The first-order chi connectivity index (χ1) is 8.85. The van der Waals surface area contributed by atoms with E-state index in [-0.39, 0.29) is 16.6 Å². The van der Waals surface area contributed by atoms with Crippen LogP contribution in [0.2, 0.25) is 0 Å². The summed E-state index contributed by atoms with van der Waals surface area (Å²) in [5.74, 6) is 1.22. The van der Waals surface area contributed by atoms with E-state index in [4.69, 9.17) is 5.73 Å². The van der Waals surface area contributed by atoms with E-state index in [0.717, 1.165) is 30.1 Å². The van der Waals surface area contributed by atoms with Gasteiger partial charge >= 0.3 is 0 Å². The lowest BCUT2D eigenvalue weighted by atomic mass is 10.3. The molecule has 0 aliphatic carbocycles. The Bertz CT molecular complexity index is 500. The summed E-state index contributed by atoms with van der Waals surface area (Å²) in [6.07, 6.45) is 0.725. The Labute approximate surface area is 118 Å². The summed E-state index contributed by atoms with van der Waals surface area (Å²) in [4.78, 5) is -0.139. The van der Waals surface area contributed by atoms with Crippen LogP contribution in [-0.4, -0.2) is 26.0 Å². The molecule has 0 spiro atoms. The second kappa shape index (κ2) is 7.12. The van der Waals surface area contributed by atoms with E-state index in [0.29, 0.717) is 0 Å². The van der Waals surface area contributed by atoms with Gasteiger partial charge in [-0.3, -0.25) is 0 Å². The lowest BCUT2D eigenvalue weighted by molar-refractivity contribution is 0.555. The first kappa shape index (κ1) is 16.3. The van der Waals surface area contributed by atoms with Crippen LogP contribution in [0.5, 0.6) is 0 Å². The van der Waals surface area contributed by atoms with Gasteiger partial charge in [0.2, 0.25) is 10.0 Å². The Morgan fingerprint density at radius 3 is 2.68 bits per heavy atom. The van der Waals surface area contributed by atoms with Crippen LogP contribution in [0.4, 0.5) is 10.1 Å². The summed E-state index contributed by atoms with van der Waals surface area (Å²) in [5, 5.41) is 0. The highest BCUT2D eigenvalue weighted by atomic mass is 32.2. The van der Waals surface area contributed by atoms with Crippen molar-refractivity contribution in [3.05, 3.63) is 24.0 Å². The zero-order valence-electron chi connectivity index (χ0n) is 11.0. The third kappa shape index (κ3) is 5.38. The normalized spacial score (nSPS) is 13.4. The minimum absolute atomic E-state index is 0.0922. The molecule has 1 aromatic rings. The van der Waals surface area contributed by atoms with Gasteiger partial charge in [0, 0.05) is 11.7 Å². The fourth-order valence-corrected chi connectivity index (χ4v) is 3.69. The molecule has 0 amide bonds. The zero-order valence-corrected chi connectivity index (χ0v) is 12.7. The van der Waals surface area contributed by atoms with Crippen LogP contribution in [0.1, 0.15) is 20.3 Å². The highest BCUT2D eigenvalue weighted by Gasteiger charge is 2.18. The van der Waals surface area contributed by atoms with Crippen molar-refractivity contribution in [1.82, 2.24) is 4.72 Å². The van der Waals surface area contributed by atoms with Crippen molar-refractivity contribution in [3.8, 4) is 0 Å². The second-order valence-corrected chi connectivity index (χ2v) is 7.34. The summed E-state index contributed by atoms with van der Waals surface area (Å²) in [6.45, 7) is 3.84. The van der Waals surface area contributed by atoms with Crippen molar-refractivity contribution in [3.63, 3.8) is 0 Å². The third-order valence-corrected chi connectivity index (χ3v) is 4.96. The Balaban J connectivity index is 2.75. The molecule has 1 atom stereocenters. The van der Waals surface area contributed by atoms with Crippen LogP contribution >= 0.6 is 11.8 Å². The van der Waals surface area contributed by atoms with Crippen molar-refractivity contribution < 1.29 is 12.8 Å². The van der Waals surface area contributed by atoms with Crippen LogP contribution < -0.4 is 10.5 Å². The fourth-order valence-electron chi connectivity index (χ4n) is 1.54. The summed E-state index contributed by atoms with van der Waals surface area (Å²) in [5.41, 5.74) is 5.54. The number of halogens is 1. The van der Waals surface area contributed by atoms with Crippen molar-refractivity contribution in [2.45, 2.75) is 31.2 Å². The Kier molecular flexibility index (Phi) is 6.09. The number of hydrogen-bond donors (Lipinski definition) is 2. The molecule has 3 N–H and O–H groups in total.